The minimum atomic E-state index is -0.528. The molecule has 0 fully saturated rings. The zero-order valence-corrected chi connectivity index (χ0v) is 14.6. The molecule has 0 atom stereocenters. The third kappa shape index (κ3) is 5.04. The molecule has 1 N–H and O–H groups in total. The Hall–Kier alpha value is -3.42. The number of benzene rings is 2. The van der Waals surface area contributed by atoms with Crippen molar-refractivity contribution in [1.29, 1.82) is 0 Å². The first-order valence-electron chi connectivity index (χ1n) is 7.83. The second-order valence-electron chi connectivity index (χ2n) is 5.58. The highest BCUT2D eigenvalue weighted by Crippen LogP contribution is 2.28. The second-order valence-corrected chi connectivity index (χ2v) is 5.58. The fourth-order valence-electron chi connectivity index (χ4n) is 2.08. The predicted molar refractivity (Wildman–Crippen MR) is 96.9 cm³/mol. The van der Waals surface area contributed by atoms with Crippen molar-refractivity contribution in [2.45, 2.75) is 20.0 Å². The van der Waals surface area contributed by atoms with E-state index in [1.165, 1.54) is 30.5 Å². The lowest BCUT2D eigenvalue weighted by Gasteiger charge is -2.13. The number of ether oxygens (including phenoxy) is 2. The van der Waals surface area contributed by atoms with Crippen LogP contribution >= 0.6 is 0 Å². The molecule has 2 aromatic carbocycles. The predicted octanol–water partition coefficient (Wildman–Crippen LogP) is 3.15. The van der Waals surface area contributed by atoms with Gasteiger partial charge in [0.05, 0.1) is 24.4 Å². The molecule has 8 heteroatoms. The van der Waals surface area contributed by atoms with Crippen LogP contribution in [0.4, 0.5) is 5.69 Å². The normalized spacial score (nSPS) is 10.8. The summed E-state index contributed by atoms with van der Waals surface area (Å²) < 4.78 is 10.9. The summed E-state index contributed by atoms with van der Waals surface area (Å²) in [6.07, 6.45) is 1.48. The van der Waals surface area contributed by atoms with Crippen LogP contribution in [-0.4, -0.2) is 30.3 Å². The standard InChI is InChI=1S/C18H19N3O5/c1-12(2)26-16-9-4-13(10-17(16)25-3)11-19-20-18(22)14-5-7-15(8-6-14)21(23)24/h4-12H,1-3H3,(H,20,22). The van der Waals surface area contributed by atoms with Crippen LogP contribution < -0.4 is 14.9 Å². The van der Waals surface area contributed by atoms with Crippen molar-refractivity contribution in [2.24, 2.45) is 5.10 Å². The lowest BCUT2D eigenvalue weighted by Crippen LogP contribution is -2.17. The lowest BCUT2D eigenvalue weighted by molar-refractivity contribution is -0.384. The van der Waals surface area contributed by atoms with Gasteiger partial charge in [0, 0.05) is 17.7 Å². The molecule has 1 amide bonds. The van der Waals surface area contributed by atoms with E-state index >= 15 is 0 Å². The van der Waals surface area contributed by atoms with Gasteiger partial charge in [0.1, 0.15) is 0 Å². The van der Waals surface area contributed by atoms with E-state index in [0.29, 0.717) is 17.1 Å². The molecule has 0 bridgehead atoms. The van der Waals surface area contributed by atoms with Crippen molar-refractivity contribution in [3.05, 3.63) is 63.7 Å². The number of nitro groups is 1. The lowest BCUT2D eigenvalue weighted by atomic mass is 10.2. The van der Waals surface area contributed by atoms with Gasteiger partial charge in [-0.15, -0.1) is 0 Å². The van der Waals surface area contributed by atoms with Crippen LogP contribution in [0.25, 0.3) is 0 Å². The van der Waals surface area contributed by atoms with Gasteiger partial charge in [0.25, 0.3) is 11.6 Å². The van der Waals surface area contributed by atoms with Crippen LogP contribution in [0.1, 0.15) is 29.8 Å². The van der Waals surface area contributed by atoms with Crippen molar-refractivity contribution in [3.63, 3.8) is 0 Å². The maximum atomic E-state index is 12.0. The van der Waals surface area contributed by atoms with Gasteiger partial charge >= 0.3 is 0 Å². The average Bonchev–Trinajstić information content (AvgIpc) is 2.62. The fourth-order valence-corrected chi connectivity index (χ4v) is 2.08. The Kier molecular flexibility index (Phi) is 6.26. The molecule has 0 saturated carbocycles. The van der Waals surface area contributed by atoms with Crippen LogP contribution in [0.3, 0.4) is 0 Å². The molecule has 0 spiro atoms. The number of hydrogen-bond donors (Lipinski definition) is 1. The summed E-state index contributed by atoms with van der Waals surface area (Å²) in [6, 6.07) is 10.5. The number of hydrogen-bond acceptors (Lipinski definition) is 6. The smallest absolute Gasteiger partial charge is 0.271 e. The van der Waals surface area contributed by atoms with Gasteiger partial charge < -0.3 is 9.47 Å². The Balaban J connectivity index is 2.03. The summed E-state index contributed by atoms with van der Waals surface area (Å²) in [4.78, 5) is 22.1. The minimum Gasteiger partial charge on any atom is -0.493 e. The number of rotatable bonds is 7. The highest BCUT2D eigenvalue weighted by molar-refractivity contribution is 5.95. The summed E-state index contributed by atoms with van der Waals surface area (Å²) in [6.45, 7) is 3.84. The van der Waals surface area contributed by atoms with Crippen LogP contribution in [0.2, 0.25) is 0 Å². The Labute approximate surface area is 150 Å². The van der Waals surface area contributed by atoms with E-state index in [2.05, 4.69) is 10.5 Å². The molecule has 26 heavy (non-hydrogen) atoms. The molecular formula is C18H19N3O5. The molecule has 0 radical (unpaired) electrons. The number of carbonyl (C=O) groups is 1. The van der Waals surface area contributed by atoms with Crippen LogP contribution in [0.15, 0.2) is 47.6 Å². The Morgan fingerprint density at radius 2 is 1.88 bits per heavy atom. The van der Waals surface area contributed by atoms with E-state index in [-0.39, 0.29) is 17.4 Å². The van der Waals surface area contributed by atoms with Gasteiger partial charge in [-0.25, -0.2) is 5.43 Å². The van der Waals surface area contributed by atoms with Crippen molar-refractivity contribution in [2.75, 3.05) is 7.11 Å². The summed E-state index contributed by atoms with van der Waals surface area (Å²) in [5.41, 5.74) is 3.27. The Bertz CT molecular complexity index is 816. The molecule has 0 heterocycles. The first-order valence-corrected chi connectivity index (χ1v) is 7.83. The number of methoxy groups -OCH3 is 1. The molecule has 0 aromatic heterocycles. The van der Waals surface area contributed by atoms with E-state index in [4.69, 9.17) is 9.47 Å². The number of nitro benzene ring substituents is 1. The molecular weight excluding hydrogens is 338 g/mol. The fraction of sp³-hybridized carbons (Fsp3) is 0.222. The number of hydrazone groups is 1. The summed E-state index contributed by atoms with van der Waals surface area (Å²) >= 11 is 0. The Morgan fingerprint density at radius 1 is 1.19 bits per heavy atom. The van der Waals surface area contributed by atoms with Gasteiger partial charge in [0.2, 0.25) is 0 Å². The minimum absolute atomic E-state index is 0.0180. The third-order valence-corrected chi connectivity index (χ3v) is 3.27. The van der Waals surface area contributed by atoms with E-state index < -0.39 is 10.8 Å². The van der Waals surface area contributed by atoms with E-state index in [1.807, 2.05) is 13.8 Å². The second kappa shape index (κ2) is 8.61. The molecule has 0 aliphatic carbocycles. The molecule has 0 unspecified atom stereocenters. The van der Waals surface area contributed by atoms with Crippen LogP contribution in [0, 0.1) is 10.1 Å². The average molecular weight is 357 g/mol. The SMILES string of the molecule is COc1cc(C=NNC(=O)c2ccc([N+](=O)[O-])cc2)ccc1OC(C)C. The number of non-ortho nitro benzene ring substituents is 1. The van der Waals surface area contributed by atoms with Gasteiger partial charge in [-0.3, -0.25) is 14.9 Å². The van der Waals surface area contributed by atoms with Gasteiger partial charge in [-0.2, -0.15) is 5.10 Å². The number of nitrogens with one attached hydrogen (secondary N) is 1. The zero-order chi connectivity index (χ0) is 19.1. The van der Waals surface area contributed by atoms with Crippen molar-refractivity contribution in [1.82, 2.24) is 5.43 Å². The maximum Gasteiger partial charge on any atom is 0.271 e. The van der Waals surface area contributed by atoms with Crippen molar-refractivity contribution in [3.8, 4) is 11.5 Å². The highest BCUT2D eigenvalue weighted by atomic mass is 16.6. The van der Waals surface area contributed by atoms with E-state index in [0.717, 1.165) is 0 Å². The first-order chi connectivity index (χ1) is 12.4. The molecule has 0 saturated heterocycles. The topological polar surface area (TPSA) is 103 Å². The van der Waals surface area contributed by atoms with E-state index in [1.54, 1.807) is 25.3 Å². The molecule has 136 valence electrons. The van der Waals surface area contributed by atoms with Gasteiger partial charge in [0.15, 0.2) is 11.5 Å². The van der Waals surface area contributed by atoms with Crippen molar-refractivity contribution < 1.29 is 19.2 Å². The molecule has 0 aliphatic heterocycles. The first kappa shape index (κ1) is 18.9. The number of carbonyl (C=O) groups excluding carboxylic acids is 1. The number of amides is 1. The molecule has 2 rings (SSSR count). The largest absolute Gasteiger partial charge is 0.493 e. The number of nitrogens with zero attached hydrogens (tertiary/aromatic N) is 2. The maximum absolute atomic E-state index is 12.0. The summed E-state index contributed by atoms with van der Waals surface area (Å²) in [5, 5.41) is 14.5. The zero-order valence-electron chi connectivity index (χ0n) is 14.6. The van der Waals surface area contributed by atoms with Crippen LogP contribution in [-0.2, 0) is 0 Å². The van der Waals surface area contributed by atoms with Crippen molar-refractivity contribution >= 4 is 17.8 Å². The highest BCUT2D eigenvalue weighted by Gasteiger charge is 2.09. The molecule has 8 nitrogen and oxygen atoms in total. The Morgan fingerprint density at radius 3 is 2.46 bits per heavy atom. The molecule has 0 aliphatic rings. The quantitative estimate of drug-likeness (QED) is 0.466. The van der Waals surface area contributed by atoms with Gasteiger partial charge in [-0.05, 0) is 49.7 Å². The summed E-state index contributed by atoms with van der Waals surface area (Å²) in [7, 11) is 1.54. The third-order valence-electron chi connectivity index (χ3n) is 3.27. The molecule has 2 aromatic rings. The van der Waals surface area contributed by atoms with Crippen LogP contribution in [0.5, 0.6) is 11.5 Å². The monoisotopic (exact) mass is 357 g/mol. The van der Waals surface area contributed by atoms with Gasteiger partial charge in [-0.1, -0.05) is 0 Å². The van der Waals surface area contributed by atoms with E-state index in [9.17, 15) is 14.9 Å². The summed E-state index contributed by atoms with van der Waals surface area (Å²) in [5.74, 6) is 0.710.